The number of nitrogens with zero attached hydrogens (tertiary/aromatic N) is 2. The predicted octanol–water partition coefficient (Wildman–Crippen LogP) is 3.28. The molecular formula is C22H27F3N2O4. The molecule has 1 spiro atoms. The normalized spacial score (nSPS) is 29.3. The van der Waals surface area contributed by atoms with Crippen LogP contribution in [-0.2, 0) is 9.59 Å². The van der Waals surface area contributed by atoms with Crippen LogP contribution < -0.4 is 9.64 Å². The molecule has 2 aliphatic heterocycles. The van der Waals surface area contributed by atoms with Crippen LogP contribution in [0.5, 0.6) is 5.75 Å². The third kappa shape index (κ3) is 4.66. The van der Waals surface area contributed by atoms with Gasteiger partial charge in [-0.1, -0.05) is 0 Å². The lowest BCUT2D eigenvalue weighted by molar-refractivity contribution is -0.153. The standard InChI is InChI=1S/C22H27F3N2O4/c23-22(24,25)15-31-17-5-3-16(4-6-17)27-13-11-20(19(27)29)7-9-21(30,10-8-20)14-26-12-1-2-18(26)28/h3-6,30H,1-2,7-15H2. The quantitative estimate of drug-likeness (QED) is 0.763. The van der Waals surface area contributed by atoms with E-state index in [1.54, 1.807) is 21.9 Å². The smallest absolute Gasteiger partial charge is 0.422 e. The van der Waals surface area contributed by atoms with E-state index in [9.17, 15) is 27.9 Å². The summed E-state index contributed by atoms with van der Waals surface area (Å²) in [6.45, 7) is 0.190. The van der Waals surface area contributed by atoms with Crippen molar-refractivity contribution in [2.45, 2.75) is 56.7 Å². The van der Waals surface area contributed by atoms with Crippen LogP contribution in [-0.4, -0.2) is 59.8 Å². The molecule has 0 bridgehead atoms. The molecule has 3 fully saturated rings. The molecule has 0 radical (unpaired) electrons. The molecule has 0 aromatic heterocycles. The van der Waals surface area contributed by atoms with Gasteiger partial charge in [0.05, 0.1) is 11.0 Å². The Morgan fingerprint density at radius 1 is 1.00 bits per heavy atom. The van der Waals surface area contributed by atoms with E-state index in [-0.39, 0.29) is 17.6 Å². The number of benzene rings is 1. The lowest BCUT2D eigenvalue weighted by atomic mass is 9.67. The van der Waals surface area contributed by atoms with Gasteiger partial charge in [0.25, 0.3) is 0 Å². The molecule has 3 aliphatic rings. The van der Waals surface area contributed by atoms with Gasteiger partial charge in [-0.05, 0) is 62.8 Å². The maximum absolute atomic E-state index is 13.2. The summed E-state index contributed by atoms with van der Waals surface area (Å²) in [6.07, 6.45) is -0.292. The van der Waals surface area contributed by atoms with Crippen molar-refractivity contribution >= 4 is 17.5 Å². The molecule has 2 saturated heterocycles. The molecule has 1 aromatic rings. The number of carbonyl (C=O) groups excluding carboxylic acids is 2. The van der Waals surface area contributed by atoms with E-state index >= 15 is 0 Å². The van der Waals surface area contributed by atoms with E-state index in [0.29, 0.717) is 63.8 Å². The van der Waals surface area contributed by atoms with E-state index in [0.717, 1.165) is 6.42 Å². The number of alkyl halides is 3. The van der Waals surface area contributed by atoms with Gasteiger partial charge in [-0.15, -0.1) is 0 Å². The summed E-state index contributed by atoms with van der Waals surface area (Å²) in [7, 11) is 0. The second kappa shape index (κ2) is 8.00. The van der Waals surface area contributed by atoms with Crippen molar-refractivity contribution in [2.24, 2.45) is 5.41 Å². The van der Waals surface area contributed by atoms with E-state index in [1.165, 1.54) is 12.1 Å². The first-order valence-electron chi connectivity index (χ1n) is 10.7. The highest BCUT2D eigenvalue weighted by Crippen LogP contribution is 2.49. The highest BCUT2D eigenvalue weighted by atomic mass is 19.4. The van der Waals surface area contributed by atoms with Gasteiger partial charge < -0.3 is 19.6 Å². The number of hydrogen-bond acceptors (Lipinski definition) is 4. The third-order valence-corrected chi connectivity index (χ3v) is 6.86. The number of β-amino-alcohol motifs (C(OH)–C–C–N with tert-alkyl or cyclic N) is 1. The predicted molar refractivity (Wildman–Crippen MR) is 107 cm³/mol. The van der Waals surface area contributed by atoms with Gasteiger partial charge in [0.1, 0.15) is 5.75 Å². The number of anilines is 1. The van der Waals surface area contributed by atoms with Gasteiger partial charge in [0, 0.05) is 31.7 Å². The van der Waals surface area contributed by atoms with Crippen LogP contribution in [0.4, 0.5) is 18.9 Å². The summed E-state index contributed by atoms with van der Waals surface area (Å²) in [6, 6.07) is 6.07. The van der Waals surface area contributed by atoms with Crippen LogP contribution in [0.1, 0.15) is 44.9 Å². The Kier molecular flexibility index (Phi) is 5.66. The van der Waals surface area contributed by atoms with Gasteiger partial charge in [-0.2, -0.15) is 13.2 Å². The fraction of sp³-hybridized carbons (Fsp3) is 0.636. The summed E-state index contributed by atoms with van der Waals surface area (Å²) in [4.78, 5) is 28.5. The number of carbonyl (C=O) groups is 2. The van der Waals surface area contributed by atoms with Gasteiger partial charge in [-0.3, -0.25) is 9.59 Å². The fourth-order valence-electron chi connectivity index (χ4n) is 5.00. The fourth-order valence-corrected chi connectivity index (χ4v) is 5.00. The number of ether oxygens (including phenoxy) is 1. The van der Waals surface area contributed by atoms with Gasteiger partial charge in [0.2, 0.25) is 11.8 Å². The van der Waals surface area contributed by atoms with Crippen LogP contribution in [0, 0.1) is 5.41 Å². The molecule has 31 heavy (non-hydrogen) atoms. The zero-order valence-corrected chi connectivity index (χ0v) is 17.3. The number of likely N-dealkylation sites (tertiary alicyclic amines) is 1. The molecule has 1 aromatic carbocycles. The first-order valence-corrected chi connectivity index (χ1v) is 10.7. The molecule has 1 aliphatic carbocycles. The Morgan fingerprint density at radius 2 is 1.68 bits per heavy atom. The Labute approximate surface area is 179 Å². The SMILES string of the molecule is O=C1CCCN1CC1(O)CCC2(CCN(c3ccc(OCC(F)(F)F)cc3)C2=O)CC1. The van der Waals surface area contributed by atoms with Crippen LogP contribution in [0.2, 0.25) is 0 Å². The lowest BCUT2D eigenvalue weighted by Crippen LogP contribution is -2.49. The minimum absolute atomic E-state index is 0.00393. The van der Waals surface area contributed by atoms with E-state index in [2.05, 4.69) is 0 Å². The van der Waals surface area contributed by atoms with E-state index < -0.39 is 23.8 Å². The topological polar surface area (TPSA) is 70.1 Å². The first kappa shape index (κ1) is 21.9. The van der Waals surface area contributed by atoms with Crippen molar-refractivity contribution in [2.75, 3.05) is 31.1 Å². The maximum atomic E-state index is 13.2. The second-order valence-corrected chi connectivity index (χ2v) is 9.03. The molecule has 170 valence electrons. The highest BCUT2D eigenvalue weighted by molar-refractivity contribution is 6.00. The minimum atomic E-state index is -4.40. The van der Waals surface area contributed by atoms with E-state index in [4.69, 9.17) is 4.74 Å². The van der Waals surface area contributed by atoms with Crippen molar-refractivity contribution in [3.05, 3.63) is 24.3 Å². The van der Waals surface area contributed by atoms with Crippen molar-refractivity contribution in [3.8, 4) is 5.75 Å². The van der Waals surface area contributed by atoms with Crippen molar-refractivity contribution in [1.82, 2.24) is 4.90 Å². The molecule has 9 heteroatoms. The van der Waals surface area contributed by atoms with Crippen molar-refractivity contribution in [3.63, 3.8) is 0 Å². The Bertz CT molecular complexity index is 832. The molecule has 2 amide bonds. The number of rotatable bonds is 5. The monoisotopic (exact) mass is 440 g/mol. The van der Waals surface area contributed by atoms with E-state index in [1.807, 2.05) is 0 Å². The Morgan fingerprint density at radius 3 is 2.26 bits per heavy atom. The lowest BCUT2D eigenvalue weighted by Gasteiger charge is -2.42. The number of amides is 2. The summed E-state index contributed by atoms with van der Waals surface area (Å²) in [5.74, 6) is 0.178. The van der Waals surface area contributed by atoms with Crippen LogP contribution in [0.15, 0.2) is 24.3 Å². The van der Waals surface area contributed by atoms with Crippen LogP contribution in [0.25, 0.3) is 0 Å². The Hall–Kier alpha value is -2.29. The molecule has 2 heterocycles. The summed E-state index contributed by atoms with van der Waals surface area (Å²) in [5, 5.41) is 11.0. The number of halogens is 3. The highest BCUT2D eigenvalue weighted by Gasteiger charge is 2.52. The third-order valence-electron chi connectivity index (χ3n) is 6.86. The molecule has 0 atom stereocenters. The van der Waals surface area contributed by atoms with Crippen LogP contribution in [0.3, 0.4) is 0 Å². The second-order valence-electron chi connectivity index (χ2n) is 9.03. The average Bonchev–Trinajstić information content (AvgIpc) is 3.26. The van der Waals surface area contributed by atoms with Gasteiger partial charge >= 0.3 is 6.18 Å². The number of aliphatic hydroxyl groups is 1. The minimum Gasteiger partial charge on any atom is -0.484 e. The zero-order chi connectivity index (χ0) is 22.3. The molecule has 6 nitrogen and oxygen atoms in total. The summed E-state index contributed by atoms with van der Waals surface area (Å²) < 4.78 is 41.6. The first-order chi connectivity index (χ1) is 14.6. The molecular weight excluding hydrogens is 413 g/mol. The molecule has 1 N–H and O–H groups in total. The molecule has 4 rings (SSSR count). The van der Waals surface area contributed by atoms with Crippen LogP contribution >= 0.6 is 0 Å². The summed E-state index contributed by atoms with van der Waals surface area (Å²) in [5.41, 5.74) is -0.840. The average molecular weight is 440 g/mol. The Balaban J connectivity index is 1.36. The number of hydrogen-bond donors (Lipinski definition) is 1. The van der Waals surface area contributed by atoms with Gasteiger partial charge in [0.15, 0.2) is 6.61 Å². The molecule has 0 unspecified atom stereocenters. The molecule has 1 saturated carbocycles. The summed E-state index contributed by atoms with van der Waals surface area (Å²) >= 11 is 0. The maximum Gasteiger partial charge on any atom is 0.422 e. The van der Waals surface area contributed by atoms with Crippen molar-refractivity contribution in [1.29, 1.82) is 0 Å². The zero-order valence-electron chi connectivity index (χ0n) is 17.3. The van der Waals surface area contributed by atoms with Gasteiger partial charge in [-0.25, -0.2) is 0 Å². The largest absolute Gasteiger partial charge is 0.484 e. The van der Waals surface area contributed by atoms with Crippen molar-refractivity contribution < 1.29 is 32.6 Å².